The lowest BCUT2D eigenvalue weighted by molar-refractivity contribution is 0.669. The smallest absolute Gasteiger partial charge is 0.164 e. The molecule has 0 amide bonds. The van der Waals surface area contributed by atoms with Gasteiger partial charge in [0.15, 0.2) is 17.5 Å². The Bertz CT molecular complexity index is 3220. The maximum atomic E-state index is 6.69. The van der Waals surface area contributed by atoms with E-state index in [2.05, 4.69) is 115 Å². The summed E-state index contributed by atoms with van der Waals surface area (Å²) in [5.41, 5.74) is 12.6. The molecule has 0 radical (unpaired) electrons. The maximum Gasteiger partial charge on any atom is 0.164 e. The SMILES string of the molecule is c1ccc(-c2ccc(-c3nc(-c4ccccc4)nc(-c4ccc5c(c4)oc4cccc(-c6ccc(-c7ccccc7)c7c6oc6ccccc67)c45)n3)cc2)cc1. The standard InChI is InChI=1S/C51H31N3O2/c1-4-13-32(14-5-1)33-23-25-36(26-24-33)50-52-49(35-17-8-3-9-18-35)53-51(54-50)37-27-28-42-45(31-37)55-44-22-12-20-39(46(42)44)40-30-29-38(34-15-6-2-7-16-34)47-41-19-10-11-21-43(41)56-48(40)47/h1-31H. The molecule has 0 saturated heterocycles. The quantitative estimate of drug-likeness (QED) is 0.171. The van der Waals surface area contributed by atoms with Crippen LogP contribution in [0.5, 0.6) is 0 Å². The predicted molar refractivity (Wildman–Crippen MR) is 227 cm³/mol. The number of furan rings is 2. The highest BCUT2D eigenvalue weighted by Crippen LogP contribution is 2.45. The fourth-order valence-electron chi connectivity index (χ4n) is 7.88. The van der Waals surface area contributed by atoms with Gasteiger partial charge >= 0.3 is 0 Å². The Morgan fingerprint density at radius 1 is 0.286 bits per heavy atom. The van der Waals surface area contributed by atoms with Gasteiger partial charge in [0.1, 0.15) is 22.3 Å². The lowest BCUT2D eigenvalue weighted by Gasteiger charge is -2.10. The Morgan fingerprint density at radius 3 is 1.54 bits per heavy atom. The molecule has 0 spiro atoms. The number of nitrogens with zero attached hydrogens (tertiary/aromatic N) is 3. The molecular weight excluding hydrogens is 687 g/mol. The molecule has 3 aromatic heterocycles. The molecule has 262 valence electrons. The molecule has 0 N–H and O–H groups in total. The molecule has 3 heterocycles. The summed E-state index contributed by atoms with van der Waals surface area (Å²) in [4.78, 5) is 15.0. The number of hydrogen-bond donors (Lipinski definition) is 0. The van der Waals surface area contributed by atoms with E-state index in [1.165, 1.54) is 0 Å². The van der Waals surface area contributed by atoms with Gasteiger partial charge < -0.3 is 8.83 Å². The molecule has 0 aliphatic heterocycles. The second kappa shape index (κ2) is 13.0. The summed E-state index contributed by atoms with van der Waals surface area (Å²) in [6.07, 6.45) is 0. The molecule has 11 aromatic rings. The summed E-state index contributed by atoms with van der Waals surface area (Å²) in [7, 11) is 0. The van der Waals surface area contributed by atoms with Crippen molar-refractivity contribution in [2.45, 2.75) is 0 Å². The second-order valence-corrected chi connectivity index (χ2v) is 13.9. The molecule has 0 bridgehead atoms. The van der Waals surface area contributed by atoms with Gasteiger partial charge in [0.2, 0.25) is 0 Å². The van der Waals surface area contributed by atoms with E-state index in [0.717, 1.165) is 93.9 Å². The average molecular weight is 718 g/mol. The Kier molecular flexibility index (Phi) is 7.42. The molecule has 8 aromatic carbocycles. The minimum atomic E-state index is 0.573. The van der Waals surface area contributed by atoms with Crippen molar-refractivity contribution >= 4 is 43.9 Å². The van der Waals surface area contributed by atoms with Gasteiger partial charge in [0.25, 0.3) is 0 Å². The van der Waals surface area contributed by atoms with Crippen LogP contribution in [0.15, 0.2) is 197 Å². The normalized spacial score (nSPS) is 11.6. The van der Waals surface area contributed by atoms with E-state index in [9.17, 15) is 0 Å². The molecule has 0 aliphatic carbocycles. The van der Waals surface area contributed by atoms with Crippen molar-refractivity contribution < 1.29 is 8.83 Å². The van der Waals surface area contributed by atoms with Crippen molar-refractivity contribution in [3.05, 3.63) is 188 Å². The third-order valence-electron chi connectivity index (χ3n) is 10.6. The maximum absolute atomic E-state index is 6.69. The third kappa shape index (κ3) is 5.37. The van der Waals surface area contributed by atoms with E-state index in [-0.39, 0.29) is 0 Å². The minimum Gasteiger partial charge on any atom is -0.456 e. The highest BCUT2D eigenvalue weighted by molar-refractivity contribution is 6.20. The van der Waals surface area contributed by atoms with Crippen LogP contribution in [0.4, 0.5) is 0 Å². The van der Waals surface area contributed by atoms with Crippen LogP contribution >= 0.6 is 0 Å². The van der Waals surface area contributed by atoms with Gasteiger partial charge in [-0.25, -0.2) is 15.0 Å². The zero-order valence-corrected chi connectivity index (χ0v) is 30.1. The number of aromatic nitrogens is 3. The summed E-state index contributed by atoms with van der Waals surface area (Å²) in [6, 6.07) is 64.4. The molecule has 0 unspecified atom stereocenters. The van der Waals surface area contributed by atoms with Gasteiger partial charge in [-0.2, -0.15) is 0 Å². The minimum absolute atomic E-state index is 0.573. The molecule has 11 rings (SSSR count). The number of hydrogen-bond acceptors (Lipinski definition) is 5. The Morgan fingerprint density at radius 2 is 0.804 bits per heavy atom. The van der Waals surface area contributed by atoms with Crippen molar-refractivity contribution in [2.24, 2.45) is 0 Å². The van der Waals surface area contributed by atoms with Crippen molar-refractivity contribution in [3.8, 4) is 67.5 Å². The van der Waals surface area contributed by atoms with E-state index < -0.39 is 0 Å². The van der Waals surface area contributed by atoms with E-state index in [4.69, 9.17) is 23.8 Å². The van der Waals surface area contributed by atoms with Gasteiger partial charge in [0.05, 0.1) is 0 Å². The summed E-state index contributed by atoms with van der Waals surface area (Å²) < 4.78 is 13.3. The summed E-state index contributed by atoms with van der Waals surface area (Å²) in [5.74, 6) is 1.79. The van der Waals surface area contributed by atoms with Gasteiger partial charge in [-0.15, -0.1) is 0 Å². The fourth-order valence-corrected chi connectivity index (χ4v) is 7.88. The summed E-state index contributed by atoms with van der Waals surface area (Å²) in [6.45, 7) is 0. The predicted octanol–water partition coefficient (Wildman–Crippen LogP) is 13.7. The van der Waals surface area contributed by atoms with Crippen molar-refractivity contribution in [1.82, 2.24) is 15.0 Å². The van der Waals surface area contributed by atoms with Crippen LogP contribution in [0.2, 0.25) is 0 Å². The molecule has 0 aliphatic rings. The highest BCUT2D eigenvalue weighted by Gasteiger charge is 2.21. The van der Waals surface area contributed by atoms with Crippen LogP contribution < -0.4 is 0 Å². The number of rotatable bonds is 6. The molecule has 5 heteroatoms. The number of benzene rings is 8. The molecule has 0 saturated carbocycles. The van der Waals surface area contributed by atoms with Crippen LogP contribution in [0.1, 0.15) is 0 Å². The first kappa shape index (κ1) is 31.9. The van der Waals surface area contributed by atoms with E-state index in [1.54, 1.807) is 0 Å². The lowest BCUT2D eigenvalue weighted by Crippen LogP contribution is -2.00. The van der Waals surface area contributed by atoms with Gasteiger partial charge in [0, 0.05) is 43.8 Å². The molecule has 0 atom stereocenters. The number of fused-ring (bicyclic) bond motifs is 6. The molecule has 5 nitrogen and oxygen atoms in total. The van der Waals surface area contributed by atoms with Crippen molar-refractivity contribution in [1.29, 1.82) is 0 Å². The van der Waals surface area contributed by atoms with E-state index in [1.807, 2.05) is 72.8 Å². The van der Waals surface area contributed by atoms with E-state index >= 15 is 0 Å². The summed E-state index contributed by atoms with van der Waals surface area (Å²) in [5, 5.41) is 4.23. The number of para-hydroxylation sites is 1. The first-order valence-corrected chi connectivity index (χ1v) is 18.7. The topological polar surface area (TPSA) is 65.0 Å². The first-order valence-electron chi connectivity index (χ1n) is 18.7. The summed E-state index contributed by atoms with van der Waals surface area (Å²) >= 11 is 0. The second-order valence-electron chi connectivity index (χ2n) is 13.9. The van der Waals surface area contributed by atoms with Crippen molar-refractivity contribution in [3.63, 3.8) is 0 Å². The Hall–Kier alpha value is -7.63. The largest absolute Gasteiger partial charge is 0.456 e. The van der Waals surface area contributed by atoms with Crippen LogP contribution in [0.3, 0.4) is 0 Å². The molecular formula is C51H31N3O2. The monoisotopic (exact) mass is 717 g/mol. The fraction of sp³-hybridized carbons (Fsp3) is 0. The Labute approximate surface area is 322 Å². The van der Waals surface area contributed by atoms with Gasteiger partial charge in [-0.05, 0) is 58.1 Å². The van der Waals surface area contributed by atoms with E-state index in [0.29, 0.717) is 17.5 Å². The van der Waals surface area contributed by atoms with Crippen LogP contribution in [0, 0.1) is 0 Å². The zero-order valence-electron chi connectivity index (χ0n) is 30.1. The van der Waals surface area contributed by atoms with Crippen LogP contribution in [-0.2, 0) is 0 Å². The average Bonchev–Trinajstić information content (AvgIpc) is 3.86. The Balaban J connectivity index is 1.05. The van der Waals surface area contributed by atoms with Crippen LogP contribution in [-0.4, -0.2) is 15.0 Å². The highest BCUT2D eigenvalue weighted by atomic mass is 16.3. The van der Waals surface area contributed by atoms with Gasteiger partial charge in [-0.3, -0.25) is 0 Å². The molecule has 0 fully saturated rings. The molecule has 56 heavy (non-hydrogen) atoms. The van der Waals surface area contributed by atoms with Crippen LogP contribution in [0.25, 0.3) is 111 Å². The zero-order chi connectivity index (χ0) is 37.0. The first-order chi connectivity index (χ1) is 27.7. The van der Waals surface area contributed by atoms with Gasteiger partial charge in [-0.1, -0.05) is 158 Å². The lowest BCUT2D eigenvalue weighted by atomic mass is 9.93. The van der Waals surface area contributed by atoms with Crippen molar-refractivity contribution in [2.75, 3.05) is 0 Å². The third-order valence-corrected chi connectivity index (χ3v) is 10.6.